The molecule has 1 aliphatic heterocycles. The summed E-state index contributed by atoms with van der Waals surface area (Å²) < 4.78 is 26.6. The number of halogens is 2. The van der Waals surface area contributed by atoms with Gasteiger partial charge in [0.1, 0.15) is 0 Å². The number of anilines is 1. The molecular formula is C18H17Cl2N3O4S. The average molecular weight is 442 g/mol. The Kier molecular flexibility index (Phi) is 6.24. The van der Waals surface area contributed by atoms with Crippen molar-refractivity contribution >= 4 is 50.7 Å². The summed E-state index contributed by atoms with van der Waals surface area (Å²) in [5, 5.41) is 6.09. The van der Waals surface area contributed by atoms with E-state index in [9.17, 15) is 18.0 Å². The molecule has 1 heterocycles. The number of carbonyl (C=O) groups excluding carboxylic acids is 2. The molecule has 7 nitrogen and oxygen atoms in total. The number of benzene rings is 2. The first kappa shape index (κ1) is 20.6. The molecule has 2 aromatic rings. The number of hydrogen-bond donors (Lipinski definition) is 2. The molecule has 2 amide bonds. The Labute approximate surface area is 172 Å². The van der Waals surface area contributed by atoms with E-state index in [1.165, 1.54) is 18.2 Å². The van der Waals surface area contributed by atoms with Crippen molar-refractivity contribution in [3.63, 3.8) is 0 Å². The highest BCUT2D eigenvalue weighted by atomic mass is 35.5. The number of nitrogens with zero attached hydrogens (tertiary/aromatic N) is 1. The third-order valence-electron chi connectivity index (χ3n) is 4.13. The molecule has 2 aromatic carbocycles. The fraction of sp³-hybridized carbons (Fsp3) is 0.222. The van der Waals surface area contributed by atoms with Crippen LogP contribution in [0.25, 0.3) is 0 Å². The van der Waals surface area contributed by atoms with Gasteiger partial charge in [-0.2, -0.15) is 4.31 Å². The zero-order valence-electron chi connectivity index (χ0n) is 14.6. The lowest BCUT2D eigenvalue weighted by atomic mass is 10.1. The van der Waals surface area contributed by atoms with E-state index in [1.54, 1.807) is 24.3 Å². The van der Waals surface area contributed by atoms with Crippen LogP contribution in [0.2, 0.25) is 10.0 Å². The molecule has 1 saturated heterocycles. The van der Waals surface area contributed by atoms with Crippen molar-refractivity contribution in [3.05, 3.63) is 58.1 Å². The Balaban J connectivity index is 1.74. The van der Waals surface area contributed by atoms with Crippen LogP contribution in [0.1, 0.15) is 5.56 Å². The monoisotopic (exact) mass is 441 g/mol. The first-order valence-corrected chi connectivity index (χ1v) is 10.6. The molecule has 0 unspecified atom stereocenters. The molecule has 1 aliphatic rings. The van der Waals surface area contributed by atoms with Crippen LogP contribution < -0.4 is 10.6 Å². The van der Waals surface area contributed by atoms with Crippen molar-refractivity contribution in [1.29, 1.82) is 0 Å². The largest absolute Gasteiger partial charge is 0.354 e. The first-order valence-electron chi connectivity index (χ1n) is 8.36. The topological polar surface area (TPSA) is 95.6 Å². The zero-order chi connectivity index (χ0) is 20.3. The number of hydrogen-bond acceptors (Lipinski definition) is 4. The SMILES string of the molecule is O=C1CN(S(=O)(=O)c2cccc(NC(=O)Cc3ccc(Cl)cc3Cl)c2)CCN1. The Morgan fingerprint density at radius 2 is 1.96 bits per heavy atom. The molecule has 10 heteroatoms. The normalized spacial score (nSPS) is 15.1. The van der Waals surface area contributed by atoms with Crippen molar-refractivity contribution < 1.29 is 18.0 Å². The molecule has 0 aliphatic carbocycles. The second-order valence-corrected chi connectivity index (χ2v) is 8.96. The molecule has 0 atom stereocenters. The predicted molar refractivity (Wildman–Crippen MR) is 107 cm³/mol. The summed E-state index contributed by atoms with van der Waals surface area (Å²) in [7, 11) is -3.84. The van der Waals surface area contributed by atoms with Crippen molar-refractivity contribution in [2.24, 2.45) is 0 Å². The van der Waals surface area contributed by atoms with Gasteiger partial charge in [-0.15, -0.1) is 0 Å². The molecule has 0 radical (unpaired) electrons. The number of carbonyl (C=O) groups is 2. The molecule has 0 bridgehead atoms. The van der Waals surface area contributed by atoms with Gasteiger partial charge in [-0.1, -0.05) is 35.3 Å². The summed E-state index contributed by atoms with van der Waals surface area (Å²) in [6.07, 6.45) is 0.0132. The number of piperazine rings is 1. The minimum absolute atomic E-state index is 0.00419. The van der Waals surface area contributed by atoms with Gasteiger partial charge in [-0.3, -0.25) is 9.59 Å². The van der Waals surface area contributed by atoms with Gasteiger partial charge < -0.3 is 10.6 Å². The molecule has 0 spiro atoms. The summed E-state index contributed by atoms with van der Waals surface area (Å²) in [5.41, 5.74) is 0.935. The first-order chi connectivity index (χ1) is 13.3. The highest BCUT2D eigenvalue weighted by Gasteiger charge is 2.29. The summed E-state index contributed by atoms with van der Waals surface area (Å²) in [4.78, 5) is 23.8. The van der Waals surface area contributed by atoms with E-state index in [0.717, 1.165) is 4.31 Å². The second kappa shape index (κ2) is 8.48. The Morgan fingerprint density at radius 1 is 1.18 bits per heavy atom. The molecule has 2 N–H and O–H groups in total. The lowest BCUT2D eigenvalue weighted by Gasteiger charge is -2.26. The van der Waals surface area contributed by atoms with Gasteiger partial charge in [0.05, 0.1) is 17.9 Å². The fourth-order valence-electron chi connectivity index (χ4n) is 2.75. The molecular weight excluding hydrogens is 425 g/mol. The molecule has 0 saturated carbocycles. The van der Waals surface area contributed by atoms with Gasteiger partial charge in [0, 0.05) is 28.8 Å². The van der Waals surface area contributed by atoms with E-state index in [0.29, 0.717) is 21.3 Å². The van der Waals surface area contributed by atoms with E-state index in [-0.39, 0.29) is 42.8 Å². The van der Waals surface area contributed by atoms with Crippen LogP contribution in [0.4, 0.5) is 5.69 Å². The maximum Gasteiger partial charge on any atom is 0.243 e. The van der Waals surface area contributed by atoms with E-state index in [4.69, 9.17) is 23.2 Å². The minimum Gasteiger partial charge on any atom is -0.354 e. The number of amides is 2. The zero-order valence-corrected chi connectivity index (χ0v) is 16.9. The van der Waals surface area contributed by atoms with Crippen LogP contribution in [-0.4, -0.2) is 44.2 Å². The molecule has 1 fully saturated rings. The lowest BCUT2D eigenvalue weighted by molar-refractivity contribution is -0.122. The Bertz CT molecular complexity index is 1030. The highest BCUT2D eigenvalue weighted by Crippen LogP contribution is 2.23. The second-order valence-electron chi connectivity index (χ2n) is 6.18. The number of nitrogens with one attached hydrogen (secondary N) is 2. The smallest absolute Gasteiger partial charge is 0.243 e. The lowest BCUT2D eigenvalue weighted by Crippen LogP contribution is -2.49. The van der Waals surface area contributed by atoms with Crippen LogP contribution in [0.5, 0.6) is 0 Å². The maximum absolute atomic E-state index is 12.7. The quantitative estimate of drug-likeness (QED) is 0.743. The number of rotatable bonds is 5. The number of sulfonamides is 1. The summed E-state index contributed by atoms with van der Waals surface area (Å²) in [6.45, 7) is 0.226. The van der Waals surface area contributed by atoms with Gasteiger partial charge in [0.2, 0.25) is 21.8 Å². The van der Waals surface area contributed by atoms with Crippen molar-refractivity contribution in [2.45, 2.75) is 11.3 Å². The van der Waals surface area contributed by atoms with Crippen LogP contribution in [0, 0.1) is 0 Å². The van der Waals surface area contributed by atoms with Crippen LogP contribution in [0.3, 0.4) is 0 Å². The van der Waals surface area contributed by atoms with Crippen LogP contribution in [-0.2, 0) is 26.0 Å². The van der Waals surface area contributed by atoms with E-state index in [2.05, 4.69) is 10.6 Å². The third kappa shape index (κ3) is 4.82. The van der Waals surface area contributed by atoms with Gasteiger partial charge in [0.25, 0.3) is 0 Å². The molecule has 28 heavy (non-hydrogen) atoms. The molecule has 0 aromatic heterocycles. The predicted octanol–water partition coefficient (Wildman–Crippen LogP) is 2.30. The third-order valence-corrected chi connectivity index (χ3v) is 6.55. The Hall–Kier alpha value is -2.13. The van der Waals surface area contributed by atoms with Gasteiger partial charge >= 0.3 is 0 Å². The average Bonchev–Trinajstić information content (AvgIpc) is 2.64. The molecule has 148 valence electrons. The summed E-state index contributed by atoms with van der Waals surface area (Å²) in [5.74, 6) is -0.699. The van der Waals surface area contributed by atoms with E-state index in [1.807, 2.05) is 0 Å². The van der Waals surface area contributed by atoms with E-state index >= 15 is 0 Å². The van der Waals surface area contributed by atoms with Crippen LogP contribution >= 0.6 is 23.2 Å². The standard InChI is InChI=1S/C18H17Cl2N3O4S/c19-13-5-4-12(16(20)9-13)8-17(24)22-14-2-1-3-15(10-14)28(26,27)23-7-6-21-18(25)11-23/h1-5,9-10H,6-8,11H2,(H,21,25)(H,22,24). The van der Waals surface area contributed by atoms with Gasteiger partial charge in [-0.05, 0) is 35.9 Å². The van der Waals surface area contributed by atoms with Gasteiger partial charge in [0.15, 0.2) is 0 Å². The molecule has 3 rings (SSSR count). The van der Waals surface area contributed by atoms with Crippen molar-refractivity contribution in [2.75, 3.05) is 25.0 Å². The summed E-state index contributed by atoms with van der Waals surface area (Å²) >= 11 is 11.9. The maximum atomic E-state index is 12.7. The van der Waals surface area contributed by atoms with Crippen molar-refractivity contribution in [3.8, 4) is 0 Å². The fourth-order valence-corrected chi connectivity index (χ4v) is 4.67. The van der Waals surface area contributed by atoms with E-state index < -0.39 is 10.0 Å². The van der Waals surface area contributed by atoms with Gasteiger partial charge in [-0.25, -0.2) is 8.42 Å². The minimum atomic E-state index is -3.84. The summed E-state index contributed by atoms with van der Waals surface area (Å²) in [6, 6.07) is 10.8. The van der Waals surface area contributed by atoms with Crippen LogP contribution in [0.15, 0.2) is 47.4 Å². The Morgan fingerprint density at radius 3 is 2.68 bits per heavy atom. The van der Waals surface area contributed by atoms with Crippen molar-refractivity contribution in [1.82, 2.24) is 9.62 Å². The highest BCUT2D eigenvalue weighted by molar-refractivity contribution is 7.89.